The minimum atomic E-state index is -0.724. The van der Waals surface area contributed by atoms with Crippen LogP contribution in [0.1, 0.15) is 24.9 Å². The number of benzene rings is 1. The molecule has 1 aromatic rings. The van der Waals surface area contributed by atoms with Gasteiger partial charge in [-0.25, -0.2) is 0 Å². The molecule has 1 aromatic carbocycles. The van der Waals surface area contributed by atoms with Crippen molar-refractivity contribution in [3.63, 3.8) is 0 Å². The molecular formula is C14H19Cl2N3OS. The Bertz CT molecular complexity index is 533. The first-order valence-corrected chi connectivity index (χ1v) is 8.62. The molecule has 0 aliphatic carbocycles. The third-order valence-corrected chi connectivity index (χ3v) is 5.22. The van der Waals surface area contributed by atoms with Crippen LogP contribution in [0.15, 0.2) is 23.2 Å². The average molecular weight is 348 g/mol. The van der Waals surface area contributed by atoms with Gasteiger partial charge in [-0.1, -0.05) is 29.3 Å². The van der Waals surface area contributed by atoms with E-state index in [0.717, 1.165) is 17.7 Å². The lowest BCUT2D eigenvalue weighted by Gasteiger charge is -2.20. The van der Waals surface area contributed by atoms with Crippen LogP contribution in [-0.4, -0.2) is 34.7 Å². The summed E-state index contributed by atoms with van der Waals surface area (Å²) in [4.78, 5) is 4.24. The Morgan fingerprint density at radius 1 is 1.57 bits per heavy atom. The van der Waals surface area contributed by atoms with Gasteiger partial charge in [-0.05, 0) is 36.8 Å². The minimum Gasteiger partial charge on any atom is -0.387 e. The van der Waals surface area contributed by atoms with Gasteiger partial charge in [-0.3, -0.25) is 4.99 Å². The van der Waals surface area contributed by atoms with E-state index in [1.807, 2.05) is 13.0 Å². The fourth-order valence-electron chi connectivity index (χ4n) is 2.15. The summed E-state index contributed by atoms with van der Waals surface area (Å²) in [5.41, 5.74) is 6.05. The van der Waals surface area contributed by atoms with Gasteiger partial charge in [-0.2, -0.15) is 11.8 Å². The predicted molar refractivity (Wildman–Crippen MR) is 91.4 cm³/mol. The third-order valence-electron chi connectivity index (χ3n) is 3.42. The highest BCUT2D eigenvalue weighted by molar-refractivity contribution is 7.99. The quantitative estimate of drug-likeness (QED) is 0.578. The number of nitrogens with one attached hydrogen (secondary N) is 1. The molecule has 21 heavy (non-hydrogen) atoms. The minimum absolute atomic E-state index is 0.0916. The van der Waals surface area contributed by atoms with Gasteiger partial charge in [0, 0.05) is 15.8 Å². The molecule has 116 valence electrons. The zero-order chi connectivity index (χ0) is 15.5. The summed E-state index contributed by atoms with van der Waals surface area (Å²) in [5, 5.41) is 14.5. The van der Waals surface area contributed by atoms with E-state index >= 15 is 0 Å². The van der Waals surface area contributed by atoms with Crippen molar-refractivity contribution in [1.82, 2.24) is 5.32 Å². The molecule has 1 heterocycles. The van der Waals surface area contributed by atoms with E-state index in [1.54, 1.807) is 23.9 Å². The standard InChI is InChI=1S/C14H19Cl2N3OS/c1-9(11-3-2-10(15)6-12(11)16)19-13(17)18-7-14(20)4-5-21-8-14/h2-3,6,9,20H,4-5,7-8H2,1H3,(H3,17,18,19). The molecule has 0 amide bonds. The molecule has 2 atom stereocenters. The second-order valence-electron chi connectivity index (χ2n) is 5.26. The molecule has 0 aromatic heterocycles. The molecular weight excluding hydrogens is 329 g/mol. The van der Waals surface area contributed by atoms with Crippen molar-refractivity contribution >= 4 is 40.9 Å². The summed E-state index contributed by atoms with van der Waals surface area (Å²) < 4.78 is 0. The SMILES string of the molecule is CC(NC(N)=NCC1(O)CCSC1)c1ccc(Cl)cc1Cl. The molecule has 1 aliphatic heterocycles. The maximum Gasteiger partial charge on any atom is 0.189 e. The van der Waals surface area contributed by atoms with Crippen LogP contribution < -0.4 is 11.1 Å². The monoisotopic (exact) mass is 347 g/mol. The lowest BCUT2D eigenvalue weighted by molar-refractivity contribution is 0.0779. The highest BCUT2D eigenvalue weighted by atomic mass is 35.5. The molecule has 2 unspecified atom stereocenters. The third kappa shape index (κ3) is 4.68. The Hall–Kier alpha value is -0.620. The second kappa shape index (κ2) is 7.09. The molecule has 0 radical (unpaired) electrons. The van der Waals surface area contributed by atoms with E-state index < -0.39 is 5.60 Å². The van der Waals surface area contributed by atoms with Gasteiger partial charge in [0.25, 0.3) is 0 Å². The van der Waals surface area contributed by atoms with Gasteiger partial charge in [0.2, 0.25) is 0 Å². The number of aliphatic imine (C=N–C) groups is 1. The molecule has 0 bridgehead atoms. The van der Waals surface area contributed by atoms with Crippen LogP contribution in [0.2, 0.25) is 10.0 Å². The number of nitrogens with zero attached hydrogens (tertiary/aromatic N) is 1. The van der Waals surface area contributed by atoms with Crippen LogP contribution in [0.3, 0.4) is 0 Å². The van der Waals surface area contributed by atoms with Crippen LogP contribution in [0, 0.1) is 0 Å². The maximum atomic E-state index is 10.2. The van der Waals surface area contributed by atoms with Gasteiger partial charge < -0.3 is 16.2 Å². The van der Waals surface area contributed by atoms with Crippen molar-refractivity contribution in [2.24, 2.45) is 10.7 Å². The number of nitrogens with two attached hydrogens (primary N) is 1. The van der Waals surface area contributed by atoms with Gasteiger partial charge >= 0.3 is 0 Å². The Labute approximate surface area is 139 Å². The topological polar surface area (TPSA) is 70.6 Å². The fourth-order valence-corrected chi connectivity index (χ4v) is 4.01. The van der Waals surface area contributed by atoms with Gasteiger partial charge in [0.05, 0.1) is 18.2 Å². The highest BCUT2D eigenvalue weighted by Gasteiger charge is 2.31. The first-order chi connectivity index (χ1) is 9.89. The smallest absolute Gasteiger partial charge is 0.189 e. The Morgan fingerprint density at radius 3 is 2.95 bits per heavy atom. The number of hydrogen-bond acceptors (Lipinski definition) is 3. The zero-order valence-corrected chi connectivity index (χ0v) is 14.1. The molecule has 2 rings (SSSR count). The number of aliphatic hydroxyl groups is 1. The largest absolute Gasteiger partial charge is 0.387 e. The lowest BCUT2D eigenvalue weighted by Crippen LogP contribution is -2.38. The number of thioether (sulfide) groups is 1. The van der Waals surface area contributed by atoms with Crippen LogP contribution in [0.5, 0.6) is 0 Å². The summed E-state index contributed by atoms with van der Waals surface area (Å²) >= 11 is 13.8. The van der Waals surface area contributed by atoms with E-state index in [1.165, 1.54) is 0 Å². The maximum absolute atomic E-state index is 10.2. The Balaban J connectivity index is 1.96. The first-order valence-electron chi connectivity index (χ1n) is 6.71. The number of rotatable bonds is 4. The summed E-state index contributed by atoms with van der Waals surface area (Å²) in [5.74, 6) is 1.98. The number of halogens is 2. The van der Waals surface area contributed by atoms with Gasteiger partial charge in [-0.15, -0.1) is 0 Å². The lowest BCUT2D eigenvalue weighted by atomic mass is 10.0. The molecule has 0 saturated carbocycles. The van der Waals surface area contributed by atoms with Crippen LogP contribution in [0.4, 0.5) is 0 Å². The number of guanidine groups is 1. The predicted octanol–water partition coefficient (Wildman–Crippen LogP) is 2.83. The van der Waals surface area contributed by atoms with Crippen LogP contribution in [-0.2, 0) is 0 Å². The zero-order valence-electron chi connectivity index (χ0n) is 11.8. The molecule has 4 nitrogen and oxygen atoms in total. The van der Waals surface area contributed by atoms with E-state index in [2.05, 4.69) is 10.3 Å². The van der Waals surface area contributed by atoms with E-state index in [0.29, 0.717) is 28.3 Å². The van der Waals surface area contributed by atoms with Crippen molar-refractivity contribution in [2.45, 2.75) is 25.0 Å². The summed E-state index contributed by atoms with van der Waals surface area (Å²) in [7, 11) is 0. The van der Waals surface area contributed by atoms with E-state index in [9.17, 15) is 5.11 Å². The van der Waals surface area contributed by atoms with Crippen molar-refractivity contribution in [3.05, 3.63) is 33.8 Å². The molecule has 0 spiro atoms. The second-order valence-corrected chi connectivity index (χ2v) is 7.21. The summed E-state index contributed by atoms with van der Waals surface area (Å²) in [6, 6.07) is 5.25. The average Bonchev–Trinajstić information content (AvgIpc) is 2.84. The summed E-state index contributed by atoms with van der Waals surface area (Å²) in [6.07, 6.45) is 0.757. The molecule has 7 heteroatoms. The van der Waals surface area contributed by atoms with Crippen molar-refractivity contribution < 1.29 is 5.11 Å². The fraction of sp³-hybridized carbons (Fsp3) is 0.500. The van der Waals surface area contributed by atoms with Crippen LogP contribution >= 0.6 is 35.0 Å². The highest BCUT2D eigenvalue weighted by Crippen LogP contribution is 2.28. The van der Waals surface area contributed by atoms with E-state index in [4.69, 9.17) is 28.9 Å². The summed E-state index contributed by atoms with van der Waals surface area (Å²) in [6.45, 7) is 2.26. The van der Waals surface area contributed by atoms with Gasteiger partial charge in [0.1, 0.15) is 0 Å². The van der Waals surface area contributed by atoms with Gasteiger partial charge in [0.15, 0.2) is 5.96 Å². The number of hydrogen-bond donors (Lipinski definition) is 3. The molecule has 1 saturated heterocycles. The normalized spacial score (nSPS) is 24.1. The van der Waals surface area contributed by atoms with Crippen molar-refractivity contribution in [3.8, 4) is 0 Å². The molecule has 4 N–H and O–H groups in total. The Kier molecular flexibility index (Phi) is 5.66. The molecule has 1 fully saturated rings. The first kappa shape index (κ1) is 16.7. The molecule has 1 aliphatic rings. The van der Waals surface area contributed by atoms with E-state index in [-0.39, 0.29) is 6.04 Å². The van der Waals surface area contributed by atoms with Crippen molar-refractivity contribution in [2.75, 3.05) is 18.1 Å². The van der Waals surface area contributed by atoms with Crippen molar-refractivity contribution in [1.29, 1.82) is 0 Å². The Morgan fingerprint density at radius 2 is 2.33 bits per heavy atom. The van der Waals surface area contributed by atoms with Crippen LogP contribution in [0.25, 0.3) is 0 Å².